The van der Waals surface area contributed by atoms with Gasteiger partial charge in [0.2, 0.25) is 5.91 Å². The minimum Gasteiger partial charge on any atom is -0.382 e. The van der Waals surface area contributed by atoms with Crippen molar-refractivity contribution in [3.63, 3.8) is 0 Å². The van der Waals surface area contributed by atoms with Crippen molar-refractivity contribution in [3.8, 4) is 0 Å². The molecule has 0 aromatic rings. The summed E-state index contributed by atoms with van der Waals surface area (Å²) in [4.78, 5) is 11.5. The van der Waals surface area contributed by atoms with Crippen LogP contribution in [0.5, 0.6) is 0 Å². The Morgan fingerprint density at radius 2 is 2.06 bits per heavy atom. The van der Waals surface area contributed by atoms with E-state index in [1.807, 2.05) is 0 Å². The number of hydrogen-bond donors (Lipinski definition) is 1. The second kappa shape index (κ2) is 6.86. The maximum atomic E-state index is 11.5. The molecule has 0 bridgehead atoms. The smallest absolute Gasteiger partial charge is 0.246 e. The van der Waals surface area contributed by atoms with Gasteiger partial charge in [0, 0.05) is 13.2 Å². The van der Waals surface area contributed by atoms with Gasteiger partial charge in [-0.25, -0.2) is 0 Å². The summed E-state index contributed by atoms with van der Waals surface area (Å²) in [5, 5.41) is 3.03. The van der Waals surface area contributed by atoms with Gasteiger partial charge in [-0.1, -0.05) is 13.8 Å². The Balaban J connectivity index is 2.14. The summed E-state index contributed by atoms with van der Waals surface area (Å²) in [5.74, 6) is 1.27. The fraction of sp³-hybridized carbons (Fsp3) is 0.917. The summed E-state index contributed by atoms with van der Waals surface area (Å²) in [5.41, 5.74) is 0. The highest BCUT2D eigenvalue weighted by molar-refractivity contribution is 5.77. The molecule has 4 nitrogen and oxygen atoms in total. The van der Waals surface area contributed by atoms with Gasteiger partial charge in [0.05, 0.1) is 13.2 Å². The van der Waals surface area contributed by atoms with E-state index in [2.05, 4.69) is 19.2 Å². The first-order valence-electron chi connectivity index (χ1n) is 6.01. The average Bonchev–Trinajstić information content (AvgIpc) is 2.56. The molecule has 1 aliphatic carbocycles. The molecule has 1 saturated carbocycles. The molecule has 0 heterocycles. The number of rotatable bonds is 6. The molecule has 0 aliphatic heterocycles. The molecule has 16 heavy (non-hydrogen) atoms. The van der Waals surface area contributed by atoms with Gasteiger partial charge < -0.3 is 14.8 Å². The lowest BCUT2D eigenvalue weighted by Gasteiger charge is -2.19. The van der Waals surface area contributed by atoms with Gasteiger partial charge in [0.15, 0.2) is 0 Å². The van der Waals surface area contributed by atoms with Crippen LogP contribution in [0.15, 0.2) is 0 Å². The molecular weight excluding hydrogens is 206 g/mol. The SMILES string of the molecule is COCCOCC(=O)NC1CCC(C)C1C. The van der Waals surface area contributed by atoms with E-state index in [9.17, 15) is 4.79 Å². The summed E-state index contributed by atoms with van der Waals surface area (Å²) in [6.07, 6.45) is 2.29. The number of nitrogens with one attached hydrogen (secondary N) is 1. The minimum atomic E-state index is -0.0120. The molecule has 0 aromatic heterocycles. The van der Waals surface area contributed by atoms with Crippen LogP contribution in [0.2, 0.25) is 0 Å². The predicted molar refractivity (Wildman–Crippen MR) is 62.2 cm³/mol. The van der Waals surface area contributed by atoms with Crippen molar-refractivity contribution in [2.75, 3.05) is 26.9 Å². The van der Waals surface area contributed by atoms with Crippen molar-refractivity contribution in [2.24, 2.45) is 11.8 Å². The van der Waals surface area contributed by atoms with Crippen LogP contribution in [0.4, 0.5) is 0 Å². The zero-order valence-electron chi connectivity index (χ0n) is 10.5. The van der Waals surface area contributed by atoms with Gasteiger partial charge in [0.1, 0.15) is 6.61 Å². The molecule has 1 rings (SSSR count). The second-order valence-corrected chi connectivity index (χ2v) is 4.63. The number of hydrogen-bond acceptors (Lipinski definition) is 3. The monoisotopic (exact) mass is 229 g/mol. The van der Waals surface area contributed by atoms with E-state index in [0.29, 0.717) is 31.1 Å². The van der Waals surface area contributed by atoms with Crippen LogP contribution in [0.3, 0.4) is 0 Å². The van der Waals surface area contributed by atoms with Crippen molar-refractivity contribution >= 4 is 5.91 Å². The Hall–Kier alpha value is -0.610. The highest BCUT2D eigenvalue weighted by atomic mass is 16.5. The van der Waals surface area contributed by atoms with Crippen molar-refractivity contribution in [1.82, 2.24) is 5.32 Å². The van der Waals surface area contributed by atoms with E-state index in [-0.39, 0.29) is 12.5 Å². The Morgan fingerprint density at radius 3 is 2.62 bits per heavy atom. The van der Waals surface area contributed by atoms with Crippen molar-refractivity contribution in [3.05, 3.63) is 0 Å². The van der Waals surface area contributed by atoms with Gasteiger partial charge in [-0.15, -0.1) is 0 Å². The Labute approximate surface area is 97.7 Å². The molecule has 1 N–H and O–H groups in total. The second-order valence-electron chi connectivity index (χ2n) is 4.63. The zero-order chi connectivity index (χ0) is 12.0. The molecule has 0 aromatic carbocycles. The topological polar surface area (TPSA) is 47.6 Å². The van der Waals surface area contributed by atoms with Crippen molar-refractivity contribution in [2.45, 2.75) is 32.7 Å². The van der Waals surface area contributed by atoms with Crippen molar-refractivity contribution in [1.29, 1.82) is 0 Å². The average molecular weight is 229 g/mol. The summed E-state index contributed by atoms with van der Waals surface area (Å²) in [6.45, 7) is 5.59. The molecule has 1 fully saturated rings. The van der Waals surface area contributed by atoms with Crippen LogP contribution >= 0.6 is 0 Å². The van der Waals surface area contributed by atoms with Crippen LogP contribution in [0.1, 0.15) is 26.7 Å². The minimum absolute atomic E-state index is 0.0120. The first kappa shape index (κ1) is 13.5. The fourth-order valence-corrected chi connectivity index (χ4v) is 2.12. The van der Waals surface area contributed by atoms with E-state index < -0.39 is 0 Å². The summed E-state index contributed by atoms with van der Waals surface area (Å²) < 4.78 is 10.0. The standard InChI is InChI=1S/C12H23NO3/c1-9-4-5-11(10(9)2)13-12(14)8-16-7-6-15-3/h9-11H,4-8H2,1-3H3,(H,13,14). The third-order valence-corrected chi connectivity index (χ3v) is 3.48. The third-order valence-electron chi connectivity index (χ3n) is 3.48. The van der Waals surface area contributed by atoms with Crippen LogP contribution in [0, 0.1) is 11.8 Å². The molecule has 94 valence electrons. The molecule has 0 spiro atoms. The van der Waals surface area contributed by atoms with E-state index in [1.54, 1.807) is 7.11 Å². The normalized spacial score (nSPS) is 29.3. The molecular formula is C12H23NO3. The highest BCUT2D eigenvalue weighted by Gasteiger charge is 2.30. The molecule has 0 radical (unpaired) electrons. The highest BCUT2D eigenvalue weighted by Crippen LogP contribution is 2.30. The molecule has 3 atom stereocenters. The van der Waals surface area contributed by atoms with E-state index in [0.717, 1.165) is 6.42 Å². The largest absolute Gasteiger partial charge is 0.382 e. The van der Waals surface area contributed by atoms with E-state index in [4.69, 9.17) is 9.47 Å². The van der Waals surface area contributed by atoms with Gasteiger partial charge in [-0.3, -0.25) is 4.79 Å². The lowest BCUT2D eigenvalue weighted by molar-refractivity contribution is -0.127. The van der Waals surface area contributed by atoms with Crippen LogP contribution in [-0.2, 0) is 14.3 Å². The number of carbonyl (C=O) groups is 1. The maximum absolute atomic E-state index is 11.5. The Kier molecular flexibility index (Phi) is 5.77. The predicted octanol–water partition coefficient (Wildman–Crippen LogP) is 1.20. The lowest BCUT2D eigenvalue weighted by atomic mass is 9.98. The number of methoxy groups -OCH3 is 1. The maximum Gasteiger partial charge on any atom is 0.246 e. The number of amides is 1. The molecule has 3 unspecified atom stereocenters. The summed E-state index contributed by atoms with van der Waals surface area (Å²) in [7, 11) is 1.62. The van der Waals surface area contributed by atoms with Gasteiger partial charge in [-0.05, 0) is 24.7 Å². The fourth-order valence-electron chi connectivity index (χ4n) is 2.12. The van der Waals surface area contributed by atoms with Gasteiger partial charge in [0.25, 0.3) is 0 Å². The van der Waals surface area contributed by atoms with Crippen molar-refractivity contribution < 1.29 is 14.3 Å². The molecule has 1 aliphatic rings. The molecule has 1 amide bonds. The van der Waals surface area contributed by atoms with Gasteiger partial charge >= 0.3 is 0 Å². The van der Waals surface area contributed by atoms with E-state index in [1.165, 1.54) is 6.42 Å². The van der Waals surface area contributed by atoms with Crippen LogP contribution in [-0.4, -0.2) is 38.9 Å². The number of carbonyl (C=O) groups excluding carboxylic acids is 1. The Bertz CT molecular complexity index is 220. The summed E-state index contributed by atoms with van der Waals surface area (Å²) >= 11 is 0. The lowest BCUT2D eigenvalue weighted by Crippen LogP contribution is -2.39. The Morgan fingerprint density at radius 1 is 1.31 bits per heavy atom. The van der Waals surface area contributed by atoms with Crippen LogP contribution < -0.4 is 5.32 Å². The number of ether oxygens (including phenoxy) is 2. The first-order chi connectivity index (χ1) is 7.65. The molecule has 0 saturated heterocycles. The quantitative estimate of drug-likeness (QED) is 0.696. The third kappa shape index (κ3) is 4.10. The van der Waals surface area contributed by atoms with E-state index >= 15 is 0 Å². The molecule has 4 heteroatoms. The van der Waals surface area contributed by atoms with Gasteiger partial charge in [-0.2, -0.15) is 0 Å². The first-order valence-corrected chi connectivity index (χ1v) is 6.01. The summed E-state index contributed by atoms with van der Waals surface area (Å²) in [6, 6.07) is 0.327. The zero-order valence-corrected chi connectivity index (χ0v) is 10.5. The van der Waals surface area contributed by atoms with Crippen LogP contribution in [0.25, 0.3) is 0 Å².